The summed E-state index contributed by atoms with van der Waals surface area (Å²) in [4.78, 5) is 0. The Bertz CT molecular complexity index is 298. The highest BCUT2D eigenvalue weighted by atomic mass is 35.5. The van der Waals surface area contributed by atoms with E-state index in [9.17, 15) is 0 Å². The zero-order valence-electron chi connectivity index (χ0n) is 9.43. The second-order valence-electron chi connectivity index (χ2n) is 3.50. The molecule has 16 heavy (non-hydrogen) atoms. The molecule has 0 atom stereocenters. The van der Waals surface area contributed by atoms with Gasteiger partial charge in [0.05, 0.1) is 16.7 Å². The average molecular weight is 262 g/mol. The molecule has 1 rings (SSSR count). The Morgan fingerprint density at radius 2 is 1.88 bits per heavy atom. The molecule has 0 aliphatic carbocycles. The SMILES string of the molecule is CCCNCCCOc1c(Cl)cccc1Cl. The summed E-state index contributed by atoms with van der Waals surface area (Å²) in [6, 6.07) is 5.36. The van der Waals surface area contributed by atoms with E-state index in [-0.39, 0.29) is 0 Å². The molecule has 0 heterocycles. The van der Waals surface area contributed by atoms with Crippen LogP contribution in [0.25, 0.3) is 0 Å². The third-order valence-corrected chi connectivity index (χ3v) is 2.69. The van der Waals surface area contributed by atoms with Crippen molar-refractivity contribution < 1.29 is 4.74 Å². The monoisotopic (exact) mass is 261 g/mol. The van der Waals surface area contributed by atoms with Crippen molar-refractivity contribution in [2.24, 2.45) is 0 Å². The number of nitrogens with one attached hydrogen (secondary N) is 1. The van der Waals surface area contributed by atoms with Gasteiger partial charge in [-0.15, -0.1) is 0 Å². The van der Waals surface area contributed by atoms with Gasteiger partial charge in [-0.1, -0.05) is 36.2 Å². The van der Waals surface area contributed by atoms with Crippen LogP contribution in [0, 0.1) is 0 Å². The topological polar surface area (TPSA) is 21.3 Å². The highest BCUT2D eigenvalue weighted by molar-refractivity contribution is 6.37. The Hall–Kier alpha value is -0.440. The molecule has 90 valence electrons. The van der Waals surface area contributed by atoms with Crippen molar-refractivity contribution in [3.63, 3.8) is 0 Å². The van der Waals surface area contributed by atoms with E-state index in [1.165, 1.54) is 0 Å². The lowest BCUT2D eigenvalue weighted by Crippen LogP contribution is -2.18. The molecular formula is C12H17Cl2NO. The van der Waals surface area contributed by atoms with Gasteiger partial charge in [0.15, 0.2) is 5.75 Å². The van der Waals surface area contributed by atoms with Gasteiger partial charge < -0.3 is 10.1 Å². The Morgan fingerprint density at radius 1 is 1.19 bits per heavy atom. The molecule has 0 unspecified atom stereocenters. The van der Waals surface area contributed by atoms with Crippen LogP contribution in [-0.4, -0.2) is 19.7 Å². The van der Waals surface area contributed by atoms with Crippen LogP contribution >= 0.6 is 23.2 Å². The van der Waals surface area contributed by atoms with E-state index in [1.54, 1.807) is 18.2 Å². The summed E-state index contributed by atoms with van der Waals surface area (Å²) in [5.74, 6) is 0.585. The fraction of sp³-hybridized carbons (Fsp3) is 0.500. The molecule has 1 aromatic rings. The maximum absolute atomic E-state index is 5.97. The van der Waals surface area contributed by atoms with Crippen LogP contribution < -0.4 is 10.1 Å². The first-order valence-electron chi connectivity index (χ1n) is 5.53. The minimum Gasteiger partial charge on any atom is -0.490 e. The van der Waals surface area contributed by atoms with Crippen LogP contribution in [0.2, 0.25) is 10.0 Å². The van der Waals surface area contributed by atoms with Crippen molar-refractivity contribution in [2.45, 2.75) is 19.8 Å². The number of hydrogen-bond donors (Lipinski definition) is 1. The molecule has 0 aliphatic heterocycles. The fourth-order valence-electron chi connectivity index (χ4n) is 1.29. The molecular weight excluding hydrogens is 245 g/mol. The van der Waals surface area contributed by atoms with E-state index in [0.29, 0.717) is 22.4 Å². The van der Waals surface area contributed by atoms with Crippen molar-refractivity contribution in [2.75, 3.05) is 19.7 Å². The number of halogens is 2. The third-order valence-electron chi connectivity index (χ3n) is 2.09. The first-order valence-corrected chi connectivity index (χ1v) is 6.28. The maximum Gasteiger partial charge on any atom is 0.156 e. The van der Waals surface area contributed by atoms with Crippen LogP contribution in [0.15, 0.2) is 18.2 Å². The Kier molecular flexibility index (Phi) is 6.62. The molecule has 0 amide bonds. The Balaban J connectivity index is 2.26. The van der Waals surface area contributed by atoms with Gasteiger partial charge in [0.25, 0.3) is 0 Å². The minimum atomic E-state index is 0.564. The predicted molar refractivity (Wildman–Crippen MR) is 69.7 cm³/mol. The van der Waals surface area contributed by atoms with Crippen LogP contribution in [0.1, 0.15) is 19.8 Å². The first kappa shape index (κ1) is 13.6. The molecule has 0 spiro atoms. The van der Waals surface area contributed by atoms with Gasteiger partial charge in [-0.2, -0.15) is 0 Å². The van der Waals surface area contributed by atoms with Gasteiger partial charge >= 0.3 is 0 Å². The van der Waals surface area contributed by atoms with E-state index < -0.39 is 0 Å². The van der Waals surface area contributed by atoms with Crippen molar-refractivity contribution >= 4 is 23.2 Å². The van der Waals surface area contributed by atoms with E-state index in [2.05, 4.69) is 12.2 Å². The Morgan fingerprint density at radius 3 is 2.50 bits per heavy atom. The van der Waals surface area contributed by atoms with E-state index >= 15 is 0 Å². The molecule has 4 heteroatoms. The molecule has 0 aromatic heterocycles. The second-order valence-corrected chi connectivity index (χ2v) is 4.32. The summed E-state index contributed by atoms with van der Waals surface area (Å²) in [5.41, 5.74) is 0. The normalized spacial score (nSPS) is 10.4. The molecule has 0 fully saturated rings. The molecule has 0 saturated heterocycles. The van der Waals surface area contributed by atoms with Gasteiger partial charge in [-0.05, 0) is 38.1 Å². The smallest absolute Gasteiger partial charge is 0.156 e. The van der Waals surface area contributed by atoms with Crippen molar-refractivity contribution in [1.29, 1.82) is 0 Å². The van der Waals surface area contributed by atoms with Gasteiger partial charge in [0, 0.05) is 0 Å². The van der Waals surface area contributed by atoms with Gasteiger partial charge in [0.1, 0.15) is 0 Å². The highest BCUT2D eigenvalue weighted by Crippen LogP contribution is 2.32. The lowest BCUT2D eigenvalue weighted by Gasteiger charge is -2.09. The van der Waals surface area contributed by atoms with Crippen LogP contribution in [0.3, 0.4) is 0 Å². The maximum atomic E-state index is 5.97. The Labute approximate surface area is 107 Å². The largest absolute Gasteiger partial charge is 0.490 e. The predicted octanol–water partition coefficient (Wildman–Crippen LogP) is 3.76. The molecule has 1 aromatic carbocycles. The fourth-order valence-corrected chi connectivity index (χ4v) is 1.80. The highest BCUT2D eigenvalue weighted by Gasteiger charge is 2.05. The average Bonchev–Trinajstić information content (AvgIpc) is 2.26. The standard InChI is InChI=1S/C12H17Cl2NO/c1-2-7-15-8-4-9-16-12-10(13)5-3-6-11(12)14/h3,5-6,15H,2,4,7-9H2,1H3. The quantitative estimate of drug-likeness (QED) is 0.755. The summed E-state index contributed by atoms with van der Waals surface area (Å²) < 4.78 is 5.54. The zero-order chi connectivity index (χ0) is 11.8. The molecule has 0 bridgehead atoms. The van der Waals surface area contributed by atoms with Gasteiger partial charge in [-0.3, -0.25) is 0 Å². The van der Waals surface area contributed by atoms with Crippen LogP contribution in [0.4, 0.5) is 0 Å². The van der Waals surface area contributed by atoms with E-state index in [1.807, 2.05) is 0 Å². The molecule has 0 aliphatic rings. The summed E-state index contributed by atoms with van der Waals surface area (Å²) in [6.45, 7) is 4.77. The number of benzene rings is 1. The molecule has 2 nitrogen and oxygen atoms in total. The van der Waals surface area contributed by atoms with Crippen molar-refractivity contribution in [3.05, 3.63) is 28.2 Å². The van der Waals surface area contributed by atoms with Gasteiger partial charge in [0.2, 0.25) is 0 Å². The van der Waals surface area contributed by atoms with Crippen molar-refractivity contribution in [1.82, 2.24) is 5.32 Å². The lowest BCUT2D eigenvalue weighted by molar-refractivity contribution is 0.308. The minimum absolute atomic E-state index is 0.564. The van der Waals surface area contributed by atoms with Crippen molar-refractivity contribution in [3.8, 4) is 5.75 Å². The number of ether oxygens (including phenoxy) is 1. The number of hydrogen-bond acceptors (Lipinski definition) is 2. The second kappa shape index (κ2) is 7.77. The lowest BCUT2D eigenvalue weighted by atomic mass is 10.3. The number of para-hydroxylation sites is 1. The molecule has 0 radical (unpaired) electrons. The molecule has 0 saturated carbocycles. The summed E-state index contributed by atoms with van der Waals surface area (Å²) in [5, 5.41) is 4.43. The van der Waals surface area contributed by atoms with E-state index in [4.69, 9.17) is 27.9 Å². The third kappa shape index (κ3) is 4.60. The van der Waals surface area contributed by atoms with E-state index in [0.717, 1.165) is 25.9 Å². The summed E-state index contributed by atoms with van der Waals surface area (Å²) in [7, 11) is 0. The zero-order valence-corrected chi connectivity index (χ0v) is 10.9. The molecule has 1 N–H and O–H groups in total. The summed E-state index contributed by atoms with van der Waals surface area (Å²) in [6.07, 6.45) is 2.10. The van der Waals surface area contributed by atoms with Crippen LogP contribution in [-0.2, 0) is 0 Å². The van der Waals surface area contributed by atoms with Gasteiger partial charge in [-0.25, -0.2) is 0 Å². The summed E-state index contributed by atoms with van der Waals surface area (Å²) >= 11 is 11.9. The van der Waals surface area contributed by atoms with Crippen LogP contribution in [0.5, 0.6) is 5.75 Å². The first-order chi connectivity index (χ1) is 7.75. The number of rotatable bonds is 7.